The SMILES string of the molecule is CCOC(=O)C1=C(O)/C(=C\c2cccc(C)c2O)SC1=Nc1ccc(Cl)cc1. The van der Waals surface area contributed by atoms with E-state index in [1.165, 1.54) is 0 Å². The number of aromatic hydroxyl groups is 1. The Balaban J connectivity index is 2.07. The van der Waals surface area contributed by atoms with Crippen molar-refractivity contribution in [3.05, 3.63) is 74.9 Å². The fourth-order valence-corrected chi connectivity index (χ4v) is 3.72. The summed E-state index contributed by atoms with van der Waals surface area (Å²) in [5.74, 6) is -0.765. The first-order chi connectivity index (χ1) is 13.4. The number of hydrogen-bond donors (Lipinski definition) is 2. The number of benzene rings is 2. The number of phenolic OH excluding ortho intramolecular Hbond substituents is 1. The van der Waals surface area contributed by atoms with E-state index < -0.39 is 5.97 Å². The van der Waals surface area contributed by atoms with Crippen molar-refractivity contribution in [1.82, 2.24) is 0 Å². The number of thioether (sulfide) groups is 1. The summed E-state index contributed by atoms with van der Waals surface area (Å²) in [5.41, 5.74) is 1.83. The molecule has 0 fully saturated rings. The van der Waals surface area contributed by atoms with E-state index in [9.17, 15) is 15.0 Å². The summed E-state index contributed by atoms with van der Waals surface area (Å²) in [6, 6.07) is 12.1. The monoisotopic (exact) mass is 415 g/mol. The summed E-state index contributed by atoms with van der Waals surface area (Å²) in [6.45, 7) is 3.65. The van der Waals surface area contributed by atoms with E-state index in [-0.39, 0.29) is 23.7 Å². The van der Waals surface area contributed by atoms with Crippen LogP contribution in [0.3, 0.4) is 0 Å². The lowest BCUT2D eigenvalue weighted by atomic mass is 10.1. The van der Waals surface area contributed by atoms with Crippen LogP contribution in [0, 0.1) is 6.92 Å². The summed E-state index contributed by atoms with van der Waals surface area (Å²) >= 11 is 7.03. The number of aliphatic imine (C=N–C) groups is 1. The van der Waals surface area contributed by atoms with Gasteiger partial charge < -0.3 is 14.9 Å². The molecule has 0 spiro atoms. The van der Waals surface area contributed by atoms with Crippen molar-refractivity contribution in [1.29, 1.82) is 0 Å². The first-order valence-corrected chi connectivity index (χ1v) is 9.73. The Morgan fingerprint density at radius 2 is 1.93 bits per heavy atom. The van der Waals surface area contributed by atoms with Gasteiger partial charge in [-0.05, 0) is 49.8 Å². The van der Waals surface area contributed by atoms with Crippen molar-refractivity contribution >= 4 is 46.1 Å². The first kappa shape index (κ1) is 20.0. The molecular formula is C21H18ClNO4S. The number of carbonyl (C=O) groups is 1. The van der Waals surface area contributed by atoms with Gasteiger partial charge in [0, 0.05) is 10.6 Å². The van der Waals surface area contributed by atoms with Gasteiger partial charge in [-0.3, -0.25) is 0 Å². The van der Waals surface area contributed by atoms with Crippen LogP contribution in [0.25, 0.3) is 6.08 Å². The van der Waals surface area contributed by atoms with E-state index in [2.05, 4.69) is 4.99 Å². The van der Waals surface area contributed by atoms with Crippen LogP contribution in [0.15, 0.2) is 63.7 Å². The minimum absolute atomic E-state index is 0.000179. The van der Waals surface area contributed by atoms with Gasteiger partial charge in [0.05, 0.1) is 17.2 Å². The number of ether oxygens (including phenoxy) is 1. The number of para-hydroxylation sites is 1. The highest BCUT2D eigenvalue weighted by Crippen LogP contribution is 2.41. The maximum absolute atomic E-state index is 12.4. The second kappa shape index (κ2) is 8.54. The highest BCUT2D eigenvalue weighted by atomic mass is 35.5. The van der Waals surface area contributed by atoms with Gasteiger partial charge in [0.25, 0.3) is 0 Å². The van der Waals surface area contributed by atoms with Gasteiger partial charge in [0.1, 0.15) is 22.1 Å². The quantitative estimate of drug-likeness (QED) is 0.640. The van der Waals surface area contributed by atoms with Crippen molar-refractivity contribution in [2.45, 2.75) is 13.8 Å². The van der Waals surface area contributed by atoms with Crippen LogP contribution in [0.5, 0.6) is 5.75 Å². The topological polar surface area (TPSA) is 79.1 Å². The van der Waals surface area contributed by atoms with Gasteiger partial charge in [0.2, 0.25) is 0 Å². The first-order valence-electron chi connectivity index (χ1n) is 8.54. The smallest absolute Gasteiger partial charge is 0.344 e. The molecule has 1 heterocycles. The molecule has 0 atom stereocenters. The fraction of sp³-hybridized carbons (Fsp3) is 0.143. The van der Waals surface area contributed by atoms with E-state index in [0.29, 0.717) is 31.8 Å². The molecule has 3 rings (SSSR count). The van der Waals surface area contributed by atoms with Crippen molar-refractivity contribution in [2.75, 3.05) is 6.61 Å². The molecule has 0 aromatic heterocycles. The molecule has 5 nitrogen and oxygen atoms in total. The Morgan fingerprint density at radius 1 is 1.21 bits per heavy atom. The van der Waals surface area contributed by atoms with Gasteiger partial charge in [-0.2, -0.15) is 0 Å². The molecular weight excluding hydrogens is 398 g/mol. The Kier molecular flexibility index (Phi) is 6.11. The highest BCUT2D eigenvalue weighted by molar-refractivity contribution is 8.18. The fourth-order valence-electron chi connectivity index (χ4n) is 2.56. The molecule has 28 heavy (non-hydrogen) atoms. The zero-order valence-electron chi connectivity index (χ0n) is 15.3. The molecule has 2 aromatic rings. The second-order valence-electron chi connectivity index (χ2n) is 5.96. The van der Waals surface area contributed by atoms with Crippen LogP contribution < -0.4 is 0 Å². The van der Waals surface area contributed by atoms with E-state index in [1.54, 1.807) is 62.4 Å². The zero-order chi connectivity index (χ0) is 20.3. The number of hydrogen-bond acceptors (Lipinski definition) is 6. The number of carbonyl (C=O) groups excluding carboxylic acids is 1. The molecule has 144 valence electrons. The van der Waals surface area contributed by atoms with E-state index in [4.69, 9.17) is 16.3 Å². The molecule has 0 saturated heterocycles. The third-order valence-corrected chi connectivity index (χ3v) is 5.25. The standard InChI is InChI=1S/C21H18ClNO4S/c1-3-27-21(26)17-19(25)16(11-13-6-4-5-12(2)18(13)24)28-20(17)23-15-9-7-14(22)8-10-15/h4-11,24-25H,3H2,1-2H3/b16-11+,23-20?. The highest BCUT2D eigenvalue weighted by Gasteiger charge is 2.33. The minimum atomic E-state index is -0.655. The Hall–Kier alpha value is -2.70. The molecule has 0 aliphatic carbocycles. The second-order valence-corrected chi connectivity index (χ2v) is 7.43. The lowest BCUT2D eigenvalue weighted by molar-refractivity contribution is -0.138. The predicted octanol–water partition coefficient (Wildman–Crippen LogP) is 5.55. The molecule has 2 N–H and O–H groups in total. The van der Waals surface area contributed by atoms with Crippen LogP contribution in [0.4, 0.5) is 5.69 Å². The van der Waals surface area contributed by atoms with Gasteiger partial charge in [-0.1, -0.05) is 41.6 Å². The summed E-state index contributed by atoms with van der Waals surface area (Å²) in [6.07, 6.45) is 1.62. The van der Waals surface area contributed by atoms with Crippen LogP contribution >= 0.6 is 23.4 Å². The van der Waals surface area contributed by atoms with Gasteiger partial charge >= 0.3 is 5.97 Å². The lowest BCUT2D eigenvalue weighted by Crippen LogP contribution is -2.12. The summed E-state index contributed by atoms with van der Waals surface area (Å²) in [5, 5.41) is 21.8. The number of rotatable bonds is 4. The molecule has 1 aliphatic rings. The van der Waals surface area contributed by atoms with Gasteiger partial charge in [0.15, 0.2) is 0 Å². The maximum Gasteiger partial charge on any atom is 0.344 e. The van der Waals surface area contributed by atoms with Gasteiger partial charge in [-0.15, -0.1) is 0 Å². The van der Waals surface area contributed by atoms with Crippen molar-refractivity contribution in [3.8, 4) is 5.75 Å². The third-order valence-electron chi connectivity index (χ3n) is 3.98. The number of aliphatic hydroxyl groups excluding tert-OH is 1. The Bertz CT molecular complexity index is 1010. The van der Waals surface area contributed by atoms with Crippen molar-refractivity contribution < 1.29 is 19.7 Å². The summed E-state index contributed by atoms with van der Waals surface area (Å²) in [7, 11) is 0. The molecule has 0 amide bonds. The Labute approximate surface area is 172 Å². The molecule has 0 saturated carbocycles. The molecule has 0 radical (unpaired) electrons. The van der Waals surface area contributed by atoms with E-state index >= 15 is 0 Å². The lowest BCUT2D eigenvalue weighted by Gasteiger charge is -2.04. The number of nitrogens with zero attached hydrogens (tertiary/aromatic N) is 1. The minimum Gasteiger partial charge on any atom is -0.507 e. The van der Waals surface area contributed by atoms with E-state index in [0.717, 1.165) is 11.8 Å². The number of esters is 1. The molecule has 7 heteroatoms. The van der Waals surface area contributed by atoms with Crippen LogP contribution in [0.2, 0.25) is 5.02 Å². The normalized spacial score (nSPS) is 16.8. The number of phenols is 1. The molecule has 0 unspecified atom stereocenters. The third kappa shape index (κ3) is 4.24. The van der Waals surface area contributed by atoms with Gasteiger partial charge in [-0.25, -0.2) is 9.79 Å². The van der Waals surface area contributed by atoms with Crippen LogP contribution in [0.1, 0.15) is 18.1 Å². The number of aliphatic hydroxyl groups is 1. The van der Waals surface area contributed by atoms with Crippen molar-refractivity contribution in [2.24, 2.45) is 4.99 Å². The van der Waals surface area contributed by atoms with Crippen LogP contribution in [-0.2, 0) is 9.53 Å². The van der Waals surface area contributed by atoms with Crippen LogP contribution in [-0.4, -0.2) is 27.8 Å². The summed E-state index contributed by atoms with van der Waals surface area (Å²) < 4.78 is 5.08. The molecule has 2 aromatic carbocycles. The van der Waals surface area contributed by atoms with Crippen molar-refractivity contribution in [3.63, 3.8) is 0 Å². The Morgan fingerprint density at radius 3 is 2.61 bits per heavy atom. The zero-order valence-corrected chi connectivity index (χ0v) is 16.8. The number of halogens is 1. The average molecular weight is 416 g/mol. The number of aryl methyl sites for hydroxylation is 1. The average Bonchev–Trinajstić information content (AvgIpc) is 2.96. The maximum atomic E-state index is 12.4. The largest absolute Gasteiger partial charge is 0.507 e. The summed E-state index contributed by atoms with van der Waals surface area (Å²) in [4.78, 5) is 17.3. The molecule has 0 bridgehead atoms. The van der Waals surface area contributed by atoms with E-state index in [1.807, 2.05) is 0 Å². The molecule has 1 aliphatic heterocycles. The predicted molar refractivity (Wildman–Crippen MR) is 113 cm³/mol.